The number of hydrogen-bond donors (Lipinski definition) is 2. The second-order valence-electron chi connectivity index (χ2n) is 4.27. The first kappa shape index (κ1) is 12.3. The minimum atomic E-state index is -0.765. The summed E-state index contributed by atoms with van der Waals surface area (Å²) in [5.74, 6) is -1.06. The third-order valence-electron chi connectivity index (χ3n) is 2.93. The van der Waals surface area contributed by atoms with Gasteiger partial charge in [-0.2, -0.15) is 10.1 Å². The normalized spacial score (nSPS) is 16.6. The fourth-order valence-electron chi connectivity index (χ4n) is 1.99. The van der Waals surface area contributed by atoms with Crippen LogP contribution >= 0.6 is 0 Å². The molecule has 2 aromatic rings. The molecule has 1 aromatic carbocycles. The van der Waals surface area contributed by atoms with Crippen molar-refractivity contribution in [2.45, 2.75) is 12.5 Å². The molecule has 3 rings (SSSR count). The zero-order chi connectivity index (χ0) is 14.1. The van der Waals surface area contributed by atoms with Crippen LogP contribution in [0.25, 0.3) is 0 Å². The zero-order valence-electron chi connectivity index (χ0n) is 10.2. The lowest BCUT2D eigenvalue weighted by Crippen LogP contribution is -2.23. The first-order valence-corrected chi connectivity index (χ1v) is 5.90. The molecule has 0 unspecified atom stereocenters. The van der Waals surface area contributed by atoms with Crippen LogP contribution in [0.5, 0.6) is 0 Å². The van der Waals surface area contributed by atoms with Gasteiger partial charge < -0.3 is 5.32 Å². The largest absolute Gasteiger partial charge is 0.324 e. The van der Waals surface area contributed by atoms with E-state index in [9.17, 15) is 14.0 Å². The number of benzene rings is 1. The summed E-state index contributed by atoms with van der Waals surface area (Å²) in [6.07, 6.45) is 1.15. The van der Waals surface area contributed by atoms with Crippen molar-refractivity contribution in [3.63, 3.8) is 0 Å². The van der Waals surface area contributed by atoms with Gasteiger partial charge in [0.2, 0.25) is 11.9 Å². The lowest BCUT2D eigenvalue weighted by molar-refractivity contribution is -0.123. The predicted molar refractivity (Wildman–Crippen MR) is 67.3 cm³/mol. The van der Waals surface area contributed by atoms with Crippen molar-refractivity contribution < 1.29 is 14.0 Å². The number of nitrogens with one attached hydrogen (secondary N) is 2. The molecule has 102 valence electrons. The molecule has 7 nitrogen and oxygen atoms in total. The van der Waals surface area contributed by atoms with E-state index >= 15 is 0 Å². The maximum Gasteiger partial charge on any atom is 0.252 e. The molecule has 2 N–H and O–H groups in total. The van der Waals surface area contributed by atoms with Crippen molar-refractivity contribution in [1.82, 2.24) is 14.8 Å². The molecule has 0 fully saturated rings. The Bertz CT molecular complexity index is 684. The zero-order valence-corrected chi connectivity index (χ0v) is 10.2. The Morgan fingerprint density at radius 3 is 3.05 bits per heavy atom. The molecule has 0 bridgehead atoms. The van der Waals surface area contributed by atoms with Crippen LogP contribution in [0.3, 0.4) is 0 Å². The van der Waals surface area contributed by atoms with Gasteiger partial charge in [0.25, 0.3) is 5.91 Å². The topological polar surface area (TPSA) is 88.9 Å². The van der Waals surface area contributed by atoms with Crippen LogP contribution in [-0.2, 0) is 9.59 Å². The number of carbonyl (C=O) groups excluding carboxylic acids is 2. The predicted octanol–water partition coefficient (Wildman–Crippen LogP) is 0.939. The molecule has 2 amide bonds. The van der Waals surface area contributed by atoms with Crippen molar-refractivity contribution in [3.05, 3.63) is 36.4 Å². The summed E-state index contributed by atoms with van der Waals surface area (Å²) >= 11 is 0. The van der Waals surface area contributed by atoms with E-state index in [1.54, 1.807) is 6.07 Å². The van der Waals surface area contributed by atoms with Gasteiger partial charge in [-0.3, -0.25) is 14.9 Å². The summed E-state index contributed by atoms with van der Waals surface area (Å²) in [7, 11) is 0. The van der Waals surface area contributed by atoms with E-state index in [2.05, 4.69) is 20.7 Å². The number of anilines is 2. The molecule has 2 heterocycles. The lowest BCUT2D eigenvalue weighted by atomic mass is 10.2. The molecule has 1 aliphatic heterocycles. The molecule has 1 atom stereocenters. The molecule has 0 saturated carbocycles. The monoisotopic (exact) mass is 275 g/mol. The first-order valence-electron chi connectivity index (χ1n) is 5.90. The smallest absolute Gasteiger partial charge is 0.252 e. The number of carbonyl (C=O) groups is 2. The first-order chi connectivity index (χ1) is 9.65. The quantitative estimate of drug-likeness (QED) is 0.872. The Hall–Kier alpha value is -2.77. The van der Waals surface area contributed by atoms with Gasteiger partial charge in [-0.15, -0.1) is 0 Å². The van der Waals surface area contributed by atoms with Crippen molar-refractivity contribution in [1.29, 1.82) is 0 Å². The maximum absolute atomic E-state index is 13.4. The van der Waals surface area contributed by atoms with Crippen LogP contribution in [0, 0.1) is 5.82 Å². The number of amides is 2. The highest BCUT2D eigenvalue weighted by molar-refractivity contribution is 6.00. The molecular weight excluding hydrogens is 265 g/mol. The minimum Gasteiger partial charge on any atom is -0.324 e. The van der Waals surface area contributed by atoms with Crippen molar-refractivity contribution >= 4 is 23.5 Å². The number of halogens is 1. The number of aromatic nitrogens is 3. The van der Waals surface area contributed by atoms with Crippen LogP contribution in [0.4, 0.5) is 16.0 Å². The van der Waals surface area contributed by atoms with Crippen molar-refractivity contribution in [2.75, 3.05) is 10.6 Å². The molecule has 0 saturated heterocycles. The van der Waals surface area contributed by atoms with Crippen LogP contribution in [-0.4, -0.2) is 26.6 Å². The van der Waals surface area contributed by atoms with E-state index in [1.165, 1.54) is 29.2 Å². The van der Waals surface area contributed by atoms with Crippen LogP contribution in [0.1, 0.15) is 12.5 Å². The number of fused-ring (bicyclic) bond motifs is 1. The summed E-state index contributed by atoms with van der Waals surface area (Å²) < 4.78 is 14.7. The van der Waals surface area contributed by atoms with E-state index in [-0.39, 0.29) is 18.0 Å². The average molecular weight is 275 g/mol. The Morgan fingerprint density at radius 2 is 2.25 bits per heavy atom. The molecular formula is C12H10FN5O2. The Labute approximate surface area is 112 Å². The fraction of sp³-hybridized carbons (Fsp3) is 0.167. The van der Waals surface area contributed by atoms with Gasteiger partial charge in [-0.1, -0.05) is 12.1 Å². The SMILES string of the molecule is O=C(C[C@H]1C(=O)Nc2ncnn21)Nc1ccccc1F. The molecule has 0 spiro atoms. The molecule has 1 aromatic heterocycles. The molecule has 20 heavy (non-hydrogen) atoms. The number of nitrogens with zero attached hydrogens (tertiary/aromatic N) is 3. The third-order valence-corrected chi connectivity index (χ3v) is 2.93. The highest BCUT2D eigenvalue weighted by Gasteiger charge is 2.33. The van der Waals surface area contributed by atoms with Gasteiger partial charge >= 0.3 is 0 Å². The standard InChI is InChI=1S/C12H10FN5O2/c13-7-3-1-2-4-8(7)16-10(19)5-9-11(20)17-12-14-6-15-18(9)12/h1-4,6,9H,5H2,(H,16,19)(H,14,15,17,20)/t9-/m0/s1. The average Bonchev–Trinajstić information content (AvgIpc) is 2.96. The van der Waals surface area contributed by atoms with Crippen LogP contribution in [0.15, 0.2) is 30.6 Å². The second-order valence-corrected chi connectivity index (χ2v) is 4.27. The summed E-state index contributed by atoms with van der Waals surface area (Å²) in [4.78, 5) is 27.4. The fourth-order valence-corrected chi connectivity index (χ4v) is 1.99. The molecule has 1 aliphatic rings. The summed E-state index contributed by atoms with van der Waals surface area (Å²) in [6.45, 7) is 0. The number of para-hydroxylation sites is 1. The van der Waals surface area contributed by atoms with Crippen LogP contribution in [0.2, 0.25) is 0 Å². The van der Waals surface area contributed by atoms with E-state index in [1.807, 2.05) is 0 Å². The highest BCUT2D eigenvalue weighted by atomic mass is 19.1. The lowest BCUT2D eigenvalue weighted by Gasteiger charge is -2.10. The number of rotatable bonds is 3. The summed E-state index contributed by atoms with van der Waals surface area (Å²) in [6, 6.07) is 5.06. The molecule has 0 radical (unpaired) electrons. The summed E-state index contributed by atoms with van der Waals surface area (Å²) in [5, 5.41) is 8.80. The summed E-state index contributed by atoms with van der Waals surface area (Å²) in [5.41, 5.74) is 0.0784. The minimum absolute atomic E-state index is 0.0784. The molecule has 8 heteroatoms. The van der Waals surface area contributed by atoms with Gasteiger partial charge in [-0.25, -0.2) is 9.07 Å². The third kappa shape index (κ3) is 2.11. The highest BCUT2D eigenvalue weighted by Crippen LogP contribution is 2.24. The van der Waals surface area contributed by atoms with E-state index < -0.39 is 17.8 Å². The van der Waals surface area contributed by atoms with Gasteiger partial charge in [0, 0.05) is 0 Å². The van der Waals surface area contributed by atoms with E-state index in [0.717, 1.165) is 0 Å². The Morgan fingerprint density at radius 1 is 1.45 bits per heavy atom. The maximum atomic E-state index is 13.4. The van der Waals surface area contributed by atoms with Gasteiger partial charge in [0.15, 0.2) is 0 Å². The second kappa shape index (κ2) is 4.72. The van der Waals surface area contributed by atoms with Gasteiger partial charge in [0.05, 0.1) is 12.1 Å². The van der Waals surface area contributed by atoms with E-state index in [4.69, 9.17) is 0 Å². The van der Waals surface area contributed by atoms with Crippen molar-refractivity contribution in [2.24, 2.45) is 0 Å². The number of hydrogen-bond acceptors (Lipinski definition) is 4. The van der Waals surface area contributed by atoms with Crippen molar-refractivity contribution in [3.8, 4) is 0 Å². The van der Waals surface area contributed by atoms with E-state index in [0.29, 0.717) is 5.95 Å². The molecule has 0 aliphatic carbocycles. The van der Waals surface area contributed by atoms with Gasteiger partial charge in [-0.05, 0) is 12.1 Å². The van der Waals surface area contributed by atoms with Crippen LogP contribution < -0.4 is 10.6 Å². The Kier molecular flexibility index (Phi) is 2.90. The van der Waals surface area contributed by atoms with Gasteiger partial charge in [0.1, 0.15) is 18.2 Å². The Balaban J connectivity index is 1.71.